The number of hydrogen-bond acceptors (Lipinski definition) is 3. The molecule has 30 heavy (non-hydrogen) atoms. The molecule has 1 unspecified atom stereocenters. The van der Waals surface area contributed by atoms with Crippen LogP contribution in [0, 0.1) is 6.92 Å². The number of aromatic nitrogens is 2. The van der Waals surface area contributed by atoms with Gasteiger partial charge in [0.1, 0.15) is 18.2 Å². The van der Waals surface area contributed by atoms with E-state index in [1.807, 2.05) is 6.07 Å². The molecule has 0 aliphatic carbocycles. The summed E-state index contributed by atoms with van der Waals surface area (Å²) in [7, 11) is 4.14. The largest absolute Gasteiger partial charge is 0.492 e. The smallest absolute Gasteiger partial charge is 0.141 e. The van der Waals surface area contributed by atoms with Gasteiger partial charge in [-0.1, -0.05) is 54.1 Å². The first-order chi connectivity index (χ1) is 14.5. The average molecular weight is 400 g/mol. The fourth-order valence-corrected chi connectivity index (χ4v) is 3.49. The number of fused-ring (bicyclic) bond motifs is 1. The minimum atomic E-state index is 0.345. The molecule has 0 radical (unpaired) electrons. The van der Waals surface area contributed by atoms with Gasteiger partial charge in [0.2, 0.25) is 0 Å². The van der Waals surface area contributed by atoms with Crippen LogP contribution in [0.2, 0.25) is 0 Å². The van der Waals surface area contributed by atoms with E-state index < -0.39 is 0 Å². The Balaban J connectivity index is 1.77. The van der Waals surface area contributed by atoms with Crippen molar-refractivity contribution in [3.8, 4) is 17.1 Å². The van der Waals surface area contributed by atoms with Crippen LogP contribution in [0.3, 0.4) is 0 Å². The fourth-order valence-electron chi connectivity index (χ4n) is 3.49. The highest BCUT2D eigenvalue weighted by atomic mass is 16.5. The minimum absolute atomic E-state index is 0.345. The van der Waals surface area contributed by atoms with Gasteiger partial charge in [-0.3, -0.25) is 0 Å². The molecule has 4 aromatic rings. The van der Waals surface area contributed by atoms with Crippen LogP contribution in [-0.4, -0.2) is 41.2 Å². The molecule has 0 saturated heterocycles. The Morgan fingerprint density at radius 1 is 0.967 bits per heavy atom. The molecule has 0 bridgehead atoms. The van der Waals surface area contributed by atoms with E-state index in [0.717, 1.165) is 34.7 Å². The molecule has 0 amide bonds. The SMILES string of the molecule is Cc1cccc(-c2nc3ccc(OCC(C)N(C)C)cc3n2Cc2ccccc2)c1. The summed E-state index contributed by atoms with van der Waals surface area (Å²) in [6, 6.07) is 25.6. The van der Waals surface area contributed by atoms with E-state index in [2.05, 4.69) is 104 Å². The first kappa shape index (κ1) is 20.2. The lowest BCUT2D eigenvalue weighted by atomic mass is 10.1. The number of nitrogens with zero attached hydrogens (tertiary/aromatic N) is 3. The Kier molecular flexibility index (Phi) is 5.86. The van der Waals surface area contributed by atoms with Gasteiger partial charge < -0.3 is 14.2 Å². The Morgan fingerprint density at radius 2 is 1.77 bits per heavy atom. The summed E-state index contributed by atoms with van der Waals surface area (Å²) in [6.07, 6.45) is 0. The van der Waals surface area contributed by atoms with Crippen molar-refractivity contribution in [1.29, 1.82) is 0 Å². The lowest BCUT2D eigenvalue weighted by Crippen LogP contribution is -2.30. The maximum atomic E-state index is 6.09. The summed E-state index contributed by atoms with van der Waals surface area (Å²) in [5.41, 5.74) is 5.68. The number of benzene rings is 3. The third kappa shape index (κ3) is 4.39. The van der Waals surface area contributed by atoms with Crippen molar-refractivity contribution in [2.75, 3.05) is 20.7 Å². The molecule has 4 nitrogen and oxygen atoms in total. The van der Waals surface area contributed by atoms with Crippen LogP contribution in [0.5, 0.6) is 5.75 Å². The molecule has 154 valence electrons. The highest BCUT2D eigenvalue weighted by Crippen LogP contribution is 2.29. The van der Waals surface area contributed by atoms with E-state index in [4.69, 9.17) is 9.72 Å². The fraction of sp³-hybridized carbons (Fsp3) is 0.269. The van der Waals surface area contributed by atoms with Gasteiger partial charge in [-0.25, -0.2) is 4.98 Å². The monoisotopic (exact) mass is 399 g/mol. The van der Waals surface area contributed by atoms with E-state index in [-0.39, 0.29) is 0 Å². The third-order valence-corrected chi connectivity index (χ3v) is 5.55. The molecule has 0 saturated carbocycles. The number of ether oxygens (including phenoxy) is 1. The van der Waals surface area contributed by atoms with E-state index >= 15 is 0 Å². The lowest BCUT2D eigenvalue weighted by Gasteiger charge is -2.20. The average Bonchev–Trinajstić information content (AvgIpc) is 3.10. The Bertz CT molecular complexity index is 1130. The van der Waals surface area contributed by atoms with Gasteiger partial charge in [-0.05, 0) is 51.7 Å². The second-order valence-electron chi connectivity index (χ2n) is 8.15. The van der Waals surface area contributed by atoms with E-state index in [9.17, 15) is 0 Å². The molecular weight excluding hydrogens is 370 g/mol. The Morgan fingerprint density at radius 3 is 2.50 bits per heavy atom. The molecule has 1 heterocycles. The molecule has 0 aliphatic rings. The van der Waals surface area contributed by atoms with Crippen molar-refractivity contribution in [3.63, 3.8) is 0 Å². The predicted octanol–water partition coefficient (Wildman–Crippen LogP) is 5.39. The van der Waals surface area contributed by atoms with E-state index in [1.165, 1.54) is 11.1 Å². The van der Waals surface area contributed by atoms with Crippen LogP contribution < -0.4 is 4.74 Å². The number of imidazole rings is 1. The zero-order valence-electron chi connectivity index (χ0n) is 18.2. The van der Waals surface area contributed by atoms with Gasteiger partial charge in [0.25, 0.3) is 0 Å². The van der Waals surface area contributed by atoms with Gasteiger partial charge in [0, 0.05) is 24.2 Å². The van der Waals surface area contributed by atoms with Crippen LogP contribution in [-0.2, 0) is 6.54 Å². The van der Waals surface area contributed by atoms with Gasteiger partial charge in [-0.2, -0.15) is 0 Å². The number of aryl methyl sites for hydroxylation is 1. The standard InChI is InChI=1S/C26H29N3O/c1-19-9-8-12-22(15-19)26-27-24-14-13-23(30-18-20(2)28(3)4)16-25(24)29(26)17-21-10-6-5-7-11-21/h5-16,20H,17-18H2,1-4H3. The van der Waals surface area contributed by atoms with Crippen molar-refractivity contribution < 1.29 is 4.74 Å². The topological polar surface area (TPSA) is 30.3 Å². The molecule has 3 aromatic carbocycles. The molecule has 0 N–H and O–H groups in total. The number of rotatable bonds is 7. The summed E-state index contributed by atoms with van der Waals surface area (Å²) in [6.45, 7) is 5.69. The van der Waals surface area contributed by atoms with E-state index in [1.54, 1.807) is 0 Å². The Hall–Kier alpha value is -3.11. The maximum absolute atomic E-state index is 6.09. The van der Waals surface area contributed by atoms with Gasteiger partial charge >= 0.3 is 0 Å². The minimum Gasteiger partial charge on any atom is -0.492 e. The lowest BCUT2D eigenvalue weighted by molar-refractivity contribution is 0.198. The van der Waals surface area contributed by atoms with Gasteiger partial charge in [-0.15, -0.1) is 0 Å². The summed E-state index contributed by atoms with van der Waals surface area (Å²) in [4.78, 5) is 7.14. The normalized spacial score (nSPS) is 12.4. The van der Waals surface area contributed by atoms with Gasteiger partial charge in [0.05, 0.1) is 11.0 Å². The van der Waals surface area contributed by atoms with E-state index in [0.29, 0.717) is 12.6 Å². The zero-order chi connectivity index (χ0) is 21.1. The van der Waals surface area contributed by atoms with Crippen molar-refractivity contribution in [1.82, 2.24) is 14.5 Å². The quantitative estimate of drug-likeness (QED) is 0.417. The second-order valence-corrected chi connectivity index (χ2v) is 8.15. The molecule has 1 aromatic heterocycles. The second kappa shape index (κ2) is 8.72. The predicted molar refractivity (Wildman–Crippen MR) is 124 cm³/mol. The first-order valence-corrected chi connectivity index (χ1v) is 10.4. The summed E-state index contributed by atoms with van der Waals surface area (Å²) < 4.78 is 8.39. The van der Waals surface area contributed by atoms with Crippen LogP contribution in [0.15, 0.2) is 72.8 Å². The van der Waals surface area contributed by atoms with Crippen molar-refractivity contribution in [3.05, 3.63) is 83.9 Å². The third-order valence-electron chi connectivity index (χ3n) is 5.55. The number of hydrogen-bond donors (Lipinski definition) is 0. The molecule has 4 heteroatoms. The van der Waals surface area contributed by atoms with Crippen LogP contribution in [0.1, 0.15) is 18.1 Å². The summed E-state index contributed by atoms with van der Waals surface area (Å²) in [5.74, 6) is 1.86. The molecular formula is C26H29N3O. The van der Waals surface area contributed by atoms with Crippen LogP contribution >= 0.6 is 0 Å². The van der Waals surface area contributed by atoms with Crippen LogP contribution in [0.4, 0.5) is 0 Å². The Labute approximate surface area is 178 Å². The van der Waals surface area contributed by atoms with Gasteiger partial charge in [0.15, 0.2) is 0 Å². The first-order valence-electron chi connectivity index (χ1n) is 10.4. The highest BCUT2D eigenvalue weighted by Gasteiger charge is 2.15. The summed E-state index contributed by atoms with van der Waals surface area (Å²) >= 11 is 0. The molecule has 0 spiro atoms. The van der Waals surface area contributed by atoms with Crippen molar-refractivity contribution in [2.45, 2.75) is 26.4 Å². The molecule has 4 rings (SSSR count). The number of likely N-dealkylation sites (N-methyl/N-ethyl adjacent to an activating group) is 1. The van der Waals surface area contributed by atoms with Crippen LogP contribution in [0.25, 0.3) is 22.4 Å². The van der Waals surface area contributed by atoms with Crippen molar-refractivity contribution >= 4 is 11.0 Å². The molecule has 0 fully saturated rings. The highest BCUT2D eigenvalue weighted by molar-refractivity contribution is 5.82. The molecule has 0 aliphatic heterocycles. The zero-order valence-corrected chi connectivity index (χ0v) is 18.2. The maximum Gasteiger partial charge on any atom is 0.141 e. The molecule has 1 atom stereocenters. The van der Waals surface area contributed by atoms with Crippen molar-refractivity contribution in [2.24, 2.45) is 0 Å². The summed E-state index contributed by atoms with van der Waals surface area (Å²) in [5, 5.41) is 0.